The van der Waals surface area contributed by atoms with Gasteiger partial charge in [-0.15, -0.1) is 0 Å². The molecule has 0 heterocycles. The molecule has 18 heavy (non-hydrogen) atoms. The monoisotopic (exact) mass is 239 g/mol. The third-order valence-corrected chi connectivity index (χ3v) is 3.00. The van der Waals surface area contributed by atoms with Crippen LogP contribution in [0.4, 0.5) is 5.69 Å². The third-order valence-electron chi connectivity index (χ3n) is 3.00. The minimum absolute atomic E-state index is 0.880. The van der Waals surface area contributed by atoms with Gasteiger partial charge in [0.05, 0.1) is 0 Å². The van der Waals surface area contributed by atoms with Crippen molar-refractivity contribution >= 4 is 5.69 Å². The van der Waals surface area contributed by atoms with Gasteiger partial charge in [-0.1, -0.05) is 35.4 Å². The number of rotatable bonds is 3. The first-order valence-electron chi connectivity index (χ1n) is 6.42. The van der Waals surface area contributed by atoms with Crippen LogP contribution in [0.25, 0.3) is 0 Å². The second-order valence-corrected chi connectivity index (χ2v) is 5.23. The molecule has 0 amide bonds. The van der Waals surface area contributed by atoms with E-state index in [1.54, 1.807) is 0 Å². The second kappa shape index (κ2) is 5.26. The van der Waals surface area contributed by atoms with E-state index >= 15 is 0 Å². The summed E-state index contributed by atoms with van der Waals surface area (Å²) in [5, 5.41) is 3.50. The van der Waals surface area contributed by atoms with Gasteiger partial charge >= 0.3 is 0 Å². The van der Waals surface area contributed by atoms with E-state index in [1.165, 1.54) is 33.5 Å². The molecule has 0 spiro atoms. The molecule has 1 nitrogen and oxygen atoms in total. The molecular formula is C17H21N. The first-order chi connectivity index (χ1) is 8.52. The Labute approximate surface area is 110 Å². The molecule has 2 aromatic carbocycles. The lowest BCUT2D eigenvalue weighted by atomic mass is 10.1. The highest BCUT2D eigenvalue weighted by Gasteiger charge is 1.98. The predicted molar refractivity (Wildman–Crippen MR) is 79.2 cm³/mol. The van der Waals surface area contributed by atoms with Crippen LogP contribution in [0, 0.1) is 27.7 Å². The molecule has 0 aliphatic carbocycles. The maximum Gasteiger partial charge on any atom is 0.0400 e. The summed E-state index contributed by atoms with van der Waals surface area (Å²) >= 11 is 0. The van der Waals surface area contributed by atoms with E-state index in [0.29, 0.717) is 0 Å². The summed E-state index contributed by atoms with van der Waals surface area (Å²) in [5.74, 6) is 0. The minimum atomic E-state index is 0.880. The Balaban J connectivity index is 2.11. The molecule has 2 aromatic rings. The van der Waals surface area contributed by atoms with E-state index in [2.05, 4.69) is 69.4 Å². The molecule has 1 N–H and O–H groups in total. The normalized spacial score (nSPS) is 10.4. The highest BCUT2D eigenvalue weighted by atomic mass is 14.9. The Morgan fingerprint density at radius 2 is 1.11 bits per heavy atom. The van der Waals surface area contributed by atoms with E-state index in [9.17, 15) is 0 Å². The fourth-order valence-electron chi connectivity index (χ4n) is 2.45. The van der Waals surface area contributed by atoms with Crippen molar-refractivity contribution in [2.45, 2.75) is 34.2 Å². The predicted octanol–water partition coefficient (Wildman–Crippen LogP) is 4.53. The quantitative estimate of drug-likeness (QED) is 0.829. The zero-order valence-electron chi connectivity index (χ0n) is 11.7. The lowest BCUT2D eigenvalue weighted by molar-refractivity contribution is 1.13. The number of anilines is 1. The molecule has 0 fully saturated rings. The Morgan fingerprint density at radius 1 is 0.667 bits per heavy atom. The molecule has 0 unspecified atom stereocenters. The van der Waals surface area contributed by atoms with Gasteiger partial charge in [0.25, 0.3) is 0 Å². The molecule has 0 saturated heterocycles. The van der Waals surface area contributed by atoms with Gasteiger partial charge in [-0.2, -0.15) is 0 Å². The van der Waals surface area contributed by atoms with E-state index in [0.717, 1.165) is 6.54 Å². The lowest BCUT2D eigenvalue weighted by Crippen LogP contribution is -2.00. The van der Waals surface area contributed by atoms with Crippen LogP contribution in [0.5, 0.6) is 0 Å². The van der Waals surface area contributed by atoms with Crippen molar-refractivity contribution in [2.75, 3.05) is 5.32 Å². The zero-order chi connectivity index (χ0) is 13.1. The molecule has 0 saturated carbocycles. The van der Waals surface area contributed by atoms with E-state index in [1.807, 2.05) is 0 Å². The van der Waals surface area contributed by atoms with E-state index in [4.69, 9.17) is 0 Å². The molecule has 0 radical (unpaired) electrons. The Kier molecular flexibility index (Phi) is 3.71. The fourth-order valence-corrected chi connectivity index (χ4v) is 2.45. The van der Waals surface area contributed by atoms with Gasteiger partial charge in [-0.25, -0.2) is 0 Å². The largest absolute Gasteiger partial charge is 0.381 e. The molecular weight excluding hydrogens is 218 g/mol. The maximum atomic E-state index is 3.50. The highest BCUT2D eigenvalue weighted by Crippen LogP contribution is 2.16. The van der Waals surface area contributed by atoms with Crippen LogP contribution >= 0.6 is 0 Å². The van der Waals surface area contributed by atoms with Crippen molar-refractivity contribution in [3.63, 3.8) is 0 Å². The van der Waals surface area contributed by atoms with Gasteiger partial charge in [-0.3, -0.25) is 0 Å². The van der Waals surface area contributed by atoms with Crippen LogP contribution in [0.15, 0.2) is 36.4 Å². The zero-order valence-corrected chi connectivity index (χ0v) is 11.7. The first-order valence-corrected chi connectivity index (χ1v) is 6.42. The number of hydrogen-bond donors (Lipinski definition) is 1. The summed E-state index contributed by atoms with van der Waals surface area (Å²) in [6, 6.07) is 13.3. The Bertz CT molecular complexity index is 464. The number of hydrogen-bond acceptors (Lipinski definition) is 1. The maximum absolute atomic E-state index is 3.50. The number of benzene rings is 2. The first kappa shape index (κ1) is 12.7. The molecule has 0 aromatic heterocycles. The number of aryl methyl sites for hydroxylation is 4. The van der Waals surface area contributed by atoms with Gasteiger partial charge in [0.1, 0.15) is 0 Å². The number of nitrogens with one attached hydrogen (secondary N) is 1. The van der Waals surface area contributed by atoms with Gasteiger partial charge in [0.15, 0.2) is 0 Å². The minimum Gasteiger partial charge on any atom is -0.381 e. The fraction of sp³-hybridized carbons (Fsp3) is 0.294. The van der Waals surface area contributed by atoms with Gasteiger partial charge < -0.3 is 5.32 Å². The van der Waals surface area contributed by atoms with E-state index in [-0.39, 0.29) is 0 Å². The SMILES string of the molecule is Cc1cc(C)cc(CNc2cc(C)cc(C)c2)c1. The van der Waals surface area contributed by atoms with Crippen molar-refractivity contribution in [3.8, 4) is 0 Å². The van der Waals surface area contributed by atoms with Gasteiger partial charge in [-0.05, 0) is 56.5 Å². The molecule has 0 aliphatic rings. The summed E-state index contributed by atoms with van der Waals surface area (Å²) in [7, 11) is 0. The van der Waals surface area contributed by atoms with Crippen molar-refractivity contribution < 1.29 is 0 Å². The van der Waals surface area contributed by atoms with Crippen molar-refractivity contribution in [1.29, 1.82) is 0 Å². The van der Waals surface area contributed by atoms with E-state index < -0.39 is 0 Å². The van der Waals surface area contributed by atoms with Crippen LogP contribution in [-0.2, 0) is 6.54 Å². The summed E-state index contributed by atoms with van der Waals surface area (Å²) in [4.78, 5) is 0. The Hall–Kier alpha value is -1.76. The van der Waals surface area contributed by atoms with Gasteiger partial charge in [0, 0.05) is 12.2 Å². The van der Waals surface area contributed by atoms with Crippen molar-refractivity contribution in [3.05, 3.63) is 64.2 Å². The molecule has 0 bridgehead atoms. The summed E-state index contributed by atoms with van der Waals surface area (Å²) in [5.41, 5.74) is 7.80. The van der Waals surface area contributed by atoms with Crippen LogP contribution in [0.3, 0.4) is 0 Å². The van der Waals surface area contributed by atoms with Crippen LogP contribution in [0.1, 0.15) is 27.8 Å². The van der Waals surface area contributed by atoms with Crippen LogP contribution < -0.4 is 5.32 Å². The average molecular weight is 239 g/mol. The standard InChI is InChI=1S/C17H21N/c1-12-5-13(2)8-16(7-12)11-18-17-9-14(3)6-15(4)10-17/h5-10,18H,11H2,1-4H3. The molecule has 0 aliphatic heterocycles. The molecule has 94 valence electrons. The summed E-state index contributed by atoms with van der Waals surface area (Å²) in [6.07, 6.45) is 0. The lowest BCUT2D eigenvalue weighted by Gasteiger charge is -2.10. The summed E-state index contributed by atoms with van der Waals surface area (Å²) in [6.45, 7) is 9.44. The molecule has 0 atom stereocenters. The smallest absolute Gasteiger partial charge is 0.0400 e. The molecule has 2 rings (SSSR count). The highest BCUT2D eigenvalue weighted by molar-refractivity contribution is 5.49. The topological polar surface area (TPSA) is 12.0 Å². The average Bonchev–Trinajstić information content (AvgIpc) is 2.23. The third kappa shape index (κ3) is 3.36. The van der Waals surface area contributed by atoms with Crippen LogP contribution in [0.2, 0.25) is 0 Å². The van der Waals surface area contributed by atoms with Gasteiger partial charge in [0.2, 0.25) is 0 Å². The molecule has 1 heteroatoms. The van der Waals surface area contributed by atoms with Crippen LogP contribution in [-0.4, -0.2) is 0 Å². The second-order valence-electron chi connectivity index (χ2n) is 5.23. The van der Waals surface area contributed by atoms with Crippen molar-refractivity contribution in [1.82, 2.24) is 0 Å². The summed E-state index contributed by atoms with van der Waals surface area (Å²) < 4.78 is 0. The Morgan fingerprint density at radius 3 is 1.61 bits per heavy atom. The van der Waals surface area contributed by atoms with Crippen molar-refractivity contribution in [2.24, 2.45) is 0 Å².